The van der Waals surface area contributed by atoms with Gasteiger partial charge in [-0.15, -0.1) is 0 Å². The quantitative estimate of drug-likeness (QED) is 0.707. The zero-order chi connectivity index (χ0) is 12.7. The number of rotatable bonds is 2. The van der Waals surface area contributed by atoms with Crippen molar-refractivity contribution in [3.8, 4) is 0 Å². The maximum atomic E-state index is 6.62. The molecule has 1 heterocycles. The largest absolute Gasteiger partial charge is 0.414 e. The lowest BCUT2D eigenvalue weighted by Gasteiger charge is -2.51. The maximum Gasteiger partial charge on any atom is 0.208 e. The monoisotopic (exact) mass is 272 g/mol. The molecule has 1 saturated heterocycles. The molecule has 2 nitrogen and oxygen atoms in total. The fourth-order valence-corrected chi connectivity index (χ4v) is 13.0. The van der Waals surface area contributed by atoms with Crippen LogP contribution in [0.15, 0.2) is 0 Å². The van der Waals surface area contributed by atoms with Gasteiger partial charge in [0.2, 0.25) is 15.7 Å². The SMILES string of the molecule is CC1(C)CC[Si](C)(OC2CCCC2)[Si](C)(C)O1. The first-order chi connectivity index (χ1) is 7.74. The van der Waals surface area contributed by atoms with Crippen molar-refractivity contribution in [3.05, 3.63) is 0 Å². The van der Waals surface area contributed by atoms with E-state index in [1.54, 1.807) is 0 Å². The van der Waals surface area contributed by atoms with Crippen LogP contribution >= 0.6 is 0 Å². The van der Waals surface area contributed by atoms with E-state index in [4.69, 9.17) is 8.85 Å². The predicted molar refractivity (Wildman–Crippen MR) is 77.0 cm³/mol. The molecular weight excluding hydrogens is 244 g/mol. The molecule has 0 bridgehead atoms. The molecule has 1 saturated carbocycles. The van der Waals surface area contributed by atoms with Crippen molar-refractivity contribution in [1.82, 2.24) is 0 Å². The van der Waals surface area contributed by atoms with Crippen LogP contribution in [-0.4, -0.2) is 27.4 Å². The van der Waals surface area contributed by atoms with Gasteiger partial charge in [0, 0.05) is 6.10 Å². The van der Waals surface area contributed by atoms with E-state index in [9.17, 15) is 0 Å². The van der Waals surface area contributed by atoms with Gasteiger partial charge in [0.25, 0.3) is 0 Å². The summed E-state index contributed by atoms with van der Waals surface area (Å²) in [4.78, 5) is 0. The van der Waals surface area contributed by atoms with Crippen molar-refractivity contribution < 1.29 is 8.85 Å². The Labute approximate surface area is 108 Å². The minimum atomic E-state index is -1.63. The van der Waals surface area contributed by atoms with Gasteiger partial charge in [-0.25, -0.2) is 0 Å². The van der Waals surface area contributed by atoms with E-state index in [0.29, 0.717) is 6.10 Å². The normalized spacial score (nSPS) is 37.2. The zero-order valence-corrected chi connectivity index (χ0v) is 14.1. The molecule has 2 rings (SSSR count). The molecule has 0 amide bonds. The molecule has 100 valence electrons. The Kier molecular flexibility index (Phi) is 3.63. The van der Waals surface area contributed by atoms with Crippen LogP contribution in [0.4, 0.5) is 0 Å². The highest BCUT2D eigenvalue weighted by Gasteiger charge is 2.55. The van der Waals surface area contributed by atoms with Crippen molar-refractivity contribution >= 4 is 15.7 Å². The van der Waals surface area contributed by atoms with Crippen molar-refractivity contribution in [1.29, 1.82) is 0 Å². The Morgan fingerprint density at radius 1 is 1.12 bits per heavy atom. The van der Waals surface area contributed by atoms with Crippen molar-refractivity contribution in [2.24, 2.45) is 0 Å². The van der Waals surface area contributed by atoms with Crippen LogP contribution in [0.2, 0.25) is 25.7 Å². The van der Waals surface area contributed by atoms with Gasteiger partial charge in [-0.1, -0.05) is 12.8 Å². The molecule has 1 atom stereocenters. The Balaban J connectivity index is 2.07. The average molecular weight is 273 g/mol. The lowest BCUT2D eigenvalue weighted by atomic mass is 10.1. The summed E-state index contributed by atoms with van der Waals surface area (Å²) in [5, 5.41) is 0. The average Bonchev–Trinajstić information content (AvgIpc) is 2.64. The van der Waals surface area contributed by atoms with Gasteiger partial charge >= 0.3 is 0 Å². The van der Waals surface area contributed by atoms with E-state index in [2.05, 4.69) is 33.5 Å². The summed E-state index contributed by atoms with van der Waals surface area (Å²) in [6.07, 6.45) is 7.04. The summed E-state index contributed by atoms with van der Waals surface area (Å²) >= 11 is 0. The highest BCUT2D eigenvalue weighted by Crippen LogP contribution is 2.41. The molecule has 1 aliphatic heterocycles. The van der Waals surface area contributed by atoms with E-state index >= 15 is 0 Å². The lowest BCUT2D eigenvalue weighted by Crippen LogP contribution is -2.68. The van der Waals surface area contributed by atoms with Crippen LogP contribution in [0.1, 0.15) is 46.0 Å². The third-order valence-electron chi connectivity index (χ3n) is 4.74. The molecule has 2 fully saturated rings. The molecule has 17 heavy (non-hydrogen) atoms. The fraction of sp³-hybridized carbons (Fsp3) is 1.00. The van der Waals surface area contributed by atoms with Gasteiger partial charge in [-0.05, 0) is 58.8 Å². The first kappa shape index (κ1) is 13.8. The van der Waals surface area contributed by atoms with Gasteiger partial charge < -0.3 is 8.85 Å². The topological polar surface area (TPSA) is 18.5 Å². The fourth-order valence-electron chi connectivity index (χ4n) is 3.27. The third-order valence-corrected chi connectivity index (χ3v) is 19.5. The minimum absolute atomic E-state index is 0.0846. The van der Waals surface area contributed by atoms with E-state index in [0.717, 1.165) is 0 Å². The zero-order valence-electron chi connectivity index (χ0n) is 12.1. The lowest BCUT2D eigenvalue weighted by molar-refractivity contribution is 0.0809. The van der Waals surface area contributed by atoms with E-state index in [-0.39, 0.29) is 5.60 Å². The standard InChI is InChI=1S/C13H28O2Si2/c1-13(2)10-11-17(5,16(3,4)15-13)14-12-8-6-7-9-12/h12H,6-11H2,1-5H3. The second kappa shape index (κ2) is 4.47. The first-order valence-corrected chi connectivity index (χ1v) is 13.6. The van der Waals surface area contributed by atoms with Gasteiger partial charge in [0.15, 0.2) is 0 Å². The Hall–Kier alpha value is 0.354. The molecule has 0 spiro atoms. The second-order valence-corrected chi connectivity index (χ2v) is 20.3. The molecule has 0 aromatic rings. The van der Waals surface area contributed by atoms with E-state index < -0.39 is 15.7 Å². The Morgan fingerprint density at radius 2 is 1.71 bits per heavy atom. The third kappa shape index (κ3) is 2.85. The number of hydrogen-bond acceptors (Lipinski definition) is 2. The first-order valence-electron chi connectivity index (χ1n) is 7.12. The molecule has 0 aromatic carbocycles. The second-order valence-electron chi connectivity index (χ2n) is 7.13. The highest BCUT2D eigenvalue weighted by molar-refractivity contribution is 7.36. The van der Waals surface area contributed by atoms with Gasteiger partial charge in [0.05, 0.1) is 5.60 Å². The molecule has 0 aromatic heterocycles. The smallest absolute Gasteiger partial charge is 0.208 e. The molecule has 1 unspecified atom stereocenters. The van der Waals surface area contributed by atoms with E-state index in [1.807, 2.05) is 0 Å². The highest BCUT2D eigenvalue weighted by atomic mass is 29.3. The van der Waals surface area contributed by atoms with Crippen molar-refractivity contribution in [2.45, 2.75) is 83.3 Å². The summed E-state index contributed by atoms with van der Waals surface area (Å²) < 4.78 is 13.1. The minimum Gasteiger partial charge on any atom is -0.414 e. The van der Waals surface area contributed by atoms with Crippen molar-refractivity contribution in [2.75, 3.05) is 0 Å². The summed E-state index contributed by atoms with van der Waals surface area (Å²) in [6, 6.07) is 1.30. The van der Waals surface area contributed by atoms with Gasteiger partial charge in [-0.2, -0.15) is 0 Å². The molecular formula is C13H28O2Si2. The predicted octanol–water partition coefficient (Wildman–Crippen LogP) is 4.00. The summed E-state index contributed by atoms with van der Waals surface area (Å²) in [5.74, 6) is 0. The van der Waals surface area contributed by atoms with Crippen LogP contribution in [0, 0.1) is 0 Å². The Morgan fingerprint density at radius 3 is 2.24 bits per heavy atom. The van der Waals surface area contributed by atoms with Crippen molar-refractivity contribution in [3.63, 3.8) is 0 Å². The van der Waals surface area contributed by atoms with Crippen LogP contribution in [0.3, 0.4) is 0 Å². The number of hydrogen-bond donors (Lipinski definition) is 0. The van der Waals surface area contributed by atoms with E-state index in [1.165, 1.54) is 38.1 Å². The van der Waals surface area contributed by atoms with Gasteiger partial charge in [-0.3, -0.25) is 0 Å². The molecule has 0 radical (unpaired) electrons. The maximum absolute atomic E-state index is 6.62. The summed E-state index contributed by atoms with van der Waals surface area (Å²) in [7, 11) is -3.23. The molecule has 1 aliphatic carbocycles. The Bertz CT molecular complexity index is 285. The van der Waals surface area contributed by atoms with Crippen LogP contribution in [0.25, 0.3) is 0 Å². The van der Waals surface area contributed by atoms with Gasteiger partial charge in [0.1, 0.15) is 0 Å². The summed E-state index contributed by atoms with van der Waals surface area (Å²) in [6.45, 7) is 11.7. The molecule has 4 heteroatoms. The summed E-state index contributed by atoms with van der Waals surface area (Å²) in [5.41, 5.74) is 0.0846. The van der Waals surface area contributed by atoms with Crippen LogP contribution < -0.4 is 0 Å². The molecule has 2 aliphatic rings. The van der Waals surface area contributed by atoms with Crippen LogP contribution in [0.5, 0.6) is 0 Å². The molecule has 0 N–H and O–H groups in total. The van der Waals surface area contributed by atoms with Crippen LogP contribution in [-0.2, 0) is 8.85 Å².